The van der Waals surface area contributed by atoms with Gasteiger partial charge in [0, 0.05) is 6.07 Å². The summed E-state index contributed by atoms with van der Waals surface area (Å²) in [4.78, 5) is 0. The van der Waals surface area contributed by atoms with Gasteiger partial charge < -0.3 is 9.47 Å². The first-order valence-corrected chi connectivity index (χ1v) is 3.57. The van der Waals surface area contributed by atoms with Crippen LogP contribution in [-0.2, 0) is 0 Å². The zero-order valence-electron chi connectivity index (χ0n) is 6.32. The number of benzene rings is 1. The fourth-order valence-electron chi connectivity index (χ4n) is 0.727. The largest absolute Gasteiger partial charge is 0.388 e. The molecule has 1 aromatic carbocycles. The van der Waals surface area contributed by atoms with Crippen molar-refractivity contribution < 1.29 is 9.47 Å². The van der Waals surface area contributed by atoms with Gasteiger partial charge in [-0.25, -0.2) is 0 Å². The van der Waals surface area contributed by atoms with Crippen LogP contribution in [-0.4, -0.2) is 0 Å². The molecule has 0 bridgehead atoms. The monoisotopic (exact) mass is 194 g/mol. The molecule has 4 nitrogen and oxygen atoms in total. The quantitative estimate of drug-likeness (QED) is 0.676. The maximum Gasteiger partial charge on any atom is 0.292 e. The summed E-state index contributed by atoms with van der Waals surface area (Å²) < 4.78 is 9.01. The van der Waals surface area contributed by atoms with E-state index in [1.54, 1.807) is 0 Å². The number of hydrogen-bond donors (Lipinski definition) is 0. The van der Waals surface area contributed by atoms with Crippen molar-refractivity contribution in [3.8, 4) is 24.0 Å². The van der Waals surface area contributed by atoms with Gasteiger partial charge in [0.05, 0.1) is 5.02 Å². The van der Waals surface area contributed by atoms with Crippen molar-refractivity contribution >= 4 is 11.6 Å². The third kappa shape index (κ3) is 2.26. The molecule has 0 saturated carbocycles. The normalized spacial score (nSPS) is 8.23. The van der Waals surface area contributed by atoms with E-state index in [0.717, 1.165) is 0 Å². The predicted octanol–water partition coefficient (Wildman–Crippen LogP) is 2.06. The molecule has 0 atom stereocenters. The van der Waals surface area contributed by atoms with E-state index in [0.29, 0.717) is 0 Å². The Labute approximate surface area is 79.5 Å². The Morgan fingerprint density at radius 1 is 1.15 bits per heavy atom. The van der Waals surface area contributed by atoms with Crippen LogP contribution >= 0.6 is 11.6 Å². The van der Waals surface area contributed by atoms with Crippen LogP contribution in [0.1, 0.15) is 0 Å². The minimum absolute atomic E-state index is 0.164. The summed E-state index contributed by atoms with van der Waals surface area (Å²) in [5.74, 6) is 0.439. The lowest BCUT2D eigenvalue weighted by Crippen LogP contribution is -1.86. The molecule has 0 unspecified atom stereocenters. The van der Waals surface area contributed by atoms with Gasteiger partial charge in [0.1, 0.15) is 5.75 Å². The highest BCUT2D eigenvalue weighted by Crippen LogP contribution is 2.28. The first kappa shape index (κ1) is 9.18. The lowest BCUT2D eigenvalue weighted by Gasteiger charge is -2.00. The van der Waals surface area contributed by atoms with Gasteiger partial charge in [-0.2, -0.15) is 0 Å². The highest BCUT2D eigenvalue weighted by molar-refractivity contribution is 6.32. The Bertz CT molecular complexity index is 392. The molecule has 0 aliphatic rings. The summed E-state index contributed by atoms with van der Waals surface area (Å²) in [7, 11) is 0. The summed E-state index contributed by atoms with van der Waals surface area (Å²) in [5.41, 5.74) is 0. The van der Waals surface area contributed by atoms with Gasteiger partial charge in [0.15, 0.2) is 5.75 Å². The molecule has 64 valence electrons. The topological polar surface area (TPSA) is 66.0 Å². The van der Waals surface area contributed by atoms with Gasteiger partial charge in [-0.1, -0.05) is 11.6 Å². The number of ether oxygens (including phenoxy) is 2. The van der Waals surface area contributed by atoms with Gasteiger partial charge in [-0.15, -0.1) is 10.5 Å². The summed E-state index contributed by atoms with van der Waals surface area (Å²) in [6.45, 7) is 0. The lowest BCUT2D eigenvalue weighted by molar-refractivity contribution is 0.484. The summed E-state index contributed by atoms with van der Waals surface area (Å²) in [5, 5.41) is 16.7. The molecule has 0 aromatic heterocycles. The van der Waals surface area contributed by atoms with Crippen LogP contribution in [0, 0.1) is 23.0 Å². The van der Waals surface area contributed by atoms with Crippen molar-refractivity contribution in [1.29, 1.82) is 10.5 Å². The first-order valence-electron chi connectivity index (χ1n) is 3.19. The molecule has 0 aliphatic carbocycles. The smallest absolute Gasteiger partial charge is 0.292 e. The van der Waals surface area contributed by atoms with E-state index >= 15 is 0 Å². The van der Waals surface area contributed by atoms with E-state index in [9.17, 15) is 0 Å². The minimum atomic E-state index is 0.164. The van der Waals surface area contributed by atoms with Crippen LogP contribution in [0.2, 0.25) is 5.02 Å². The molecule has 0 amide bonds. The zero-order chi connectivity index (χ0) is 9.68. The lowest BCUT2D eigenvalue weighted by atomic mass is 10.3. The third-order valence-corrected chi connectivity index (χ3v) is 1.53. The molecule has 5 heteroatoms. The van der Waals surface area contributed by atoms with Gasteiger partial charge in [-0.3, -0.25) is 0 Å². The van der Waals surface area contributed by atoms with Crippen molar-refractivity contribution in [3.05, 3.63) is 23.2 Å². The minimum Gasteiger partial charge on any atom is -0.388 e. The predicted molar refractivity (Wildman–Crippen MR) is 43.9 cm³/mol. The zero-order valence-corrected chi connectivity index (χ0v) is 7.08. The second kappa shape index (κ2) is 4.20. The molecular formula is C8H3ClN2O2. The van der Waals surface area contributed by atoms with Gasteiger partial charge in [0.25, 0.3) is 12.5 Å². The first-order chi connectivity index (χ1) is 6.27. The number of rotatable bonds is 2. The van der Waals surface area contributed by atoms with E-state index in [-0.39, 0.29) is 16.5 Å². The van der Waals surface area contributed by atoms with Gasteiger partial charge >= 0.3 is 0 Å². The summed E-state index contributed by atoms with van der Waals surface area (Å²) in [6.07, 6.45) is 2.96. The number of nitriles is 2. The van der Waals surface area contributed by atoms with E-state index in [2.05, 4.69) is 9.47 Å². The van der Waals surface area contributed by atoms with Crippen molar-refractivity contribution in [2.75, 3.05) is 0 Å². The van der Waals surface area contributed by atoms with E-state index in [1.807, 2.05) is 0 Å². The second-order valence-electron chi connectivity index (χ2n) is 1.98. The van der Waals surface area contributed by atoms with E-state index in [4.69, 9.17) is 22.1 Å². The molecular weight excluding hydrogens is 192 g/mol. The molecule has 0 radical (unpaired) electrons. The third-order valence-electron chi connectivity index (χ3n) is 1.22. The van der Waals surface area contributed by atoms with Gasteiger partial charge in [-0.05, 0) is 12.1 Å². The fourth-order valence-corrected chi connectivity index (χ4v) is 0.883. The van der Waals surface area contributed by atoms with Crippen LogP contribution in [0.25, 0.3) is 0 Å². The number of hydrogen-bond acceptors (Lipinski definition) is 4. The molecule has 1 aromatic rings. The SMILES string of the molecule is N#COc1ccc(Cl)c(OC#N)c1. The van der Waals surface area contributed by atoms with Crippen LogP contribution < -0.4 is 9.47 Å². The van der Waals surface area contributed by atoms with Crippen LogP contribution in [0.15, 0.2) is 18.2 Å². The highest BCUT2D eigenvalue weighted by atomic mass is 35.5. The average Bonchev–Trinajstić information content (AvgIpc) is 2.12. The molecule has 0 aliphatic heterocycles. The molecule has 1 rings (SSSR count). The van der Waals surface area contributed by atoms with E-state index in [1.165, 1.54) is 30.7 Å². The van der Waals surface area contributed by atoms with Crippen molar-refractivity contribution in [2.24, 2.45) is 0 Å². The Kier molecular flexibility index (Phi) is 2.97. The van der Waals surface area contributed by atoms with Gasteiger partial charge in [0.2, 0.25) is 0 Å². The molecule has 0 heterocycles. The van der Waals surface area contributed by atoms with Crippen LogP contribution in [0.4, 0.5) is 0 Å². The maximum absolute atomic E-state index is 8.23. The average molecular weight is 195 g/mol. The Balaban J connectivity index is 2.99. The second-order valence-corrected chi connectivity index (χ2v) is 2.39. The van der Waals surface area contributed by atoms with E-state index < -0.39 is 0 Å². The Hall–Kier alpha value is -1.91. The van der Waals surface area contributed by atoms with Crippen LogP contribution in [0.5, 0.6) is 11.5 Å². The summed E-state index contributed by atoms with van der Waals surface area (Å²) >= 11 is 5.66. The summed E-state index contributed by atoms with van der Waals surface area (Å²) in [6, 6.07) is 4.32. The van der Waals surface area contributed by atoms with Crippen LogP contribution in [0.3, 0.4) is 0 Å². The number of nitrogens with zero attached hydrogens (tertiary/aromatic N) is 2. The molecule has 0 fully saturated rings. The van der Waals surface area contributed by atoms with Crippen molar-refractivity contribution in [1.82, 2.24) is 0 Å². The molecule has 0 spiro atoms. The number of halogens is 1. The standard InChI is InChI=1S/C8H3ClN2O2/c9-7-2-1-6(12-4-10)3-8(7)13-5-11/h1-3H. The molecule has 0 N–H and O–H groups in total. The molecule has 0 saturated heterocycles. The Morgan fingerprint density at radius 3 is 2.46 bits per heavy atom. The highest BCUT2D eigenvalue weighted by Gasteiger charge is 2.03. The Morgan fingerprint density at radius 2 is 1.85 bits per heavy atom. The van der Waals surface area contributed by atoms with Crippen molar-refractivity contribution in [3.63, 3.8) is 0 Å². The van der Waals surface area contributed by atoms with Crippen molar-refractivity contribution in [2.45, 2.75) is 0 Å². The maximum atomic E-state index is 8.23. The molecule has 13 heavy (non-hydrogen) atoms. The fraction of sp³-hybridized carbons (Fsp3) is 0.